The molecule has 0 amide bonds. The van der Waals surface area contributed by atoms with Gasteiger partial charge < -0.3 is 9.52 Å². The Bertz CT molecular complexity index is 883. The Morgan fingerprint density at radius 3 is 2.64 bits per heavy atom. The quantitative estimate of drug-likeness (QED) is 0.833. The number of aliphatic carboxylic acids is 1. The van der Waals surface area contributed by atoms with Gasteiger partial charge in [-0.1, -0.05) is 0 Å². The van der Waals surface area contributed by atoms with E-state index in [4.69, 9.17) is 9.52 Å². The predicted octanol–water partition coefficient (Wildman–Crippen LogP) is 0.744. The number of nitrogens with zero attached hydrogens (tertiary/aromatic N) is 1. The number of oxazole rings is 1. The van der Waals surface area contributed by atoms with Crippen molar-refractivity contribution in [1.29, 1.82) is 0 Å². The summed E-state index contributed by atoms with van der Waals surface area (Å²) < 4.78 is 44.4. The van der Waals surface area contributed by atoms with Gasteiger partial charge in [0.15, 0.2) is 5.58 Å². The van der Waals surface area contributed by atoms with Crippen LogP contribution < -0.4 is 5.76 Å². The number of halogens is 1. The molecular formula is C12H13FN2O6S. The van der Waals surface area contributed by atoms with Crippen LogP contribution in [0.25, 0.3) is 11.1 Å². The van der Waals surface area contributed by atoms with E-state index < -0.39 is 45.0 Å². The molecule has 2 aromatic rings. The maximum atomic E-state index is 14.1. The van der Waals surface area contributed by atoms with Crippen LogP contribution in [0.5, 0.6) is 0 Å². The lowest BCUT2D eigenvalue weighted by Gasteiger charge is -2.24. The number of carboxylic acids is 1. The van der Waals surface area contributed by atoms with Crippen LogP contribution in [0.1, 0.15) is 13.8 Å². The molecule has 22 heavy (non-hydrogen) atoms. The highest BCUT2D eigenvalue weighted by Crippen LogP contribution is 2.25. The van der Waals surface area contributed by atoms with Gasteiger partial charge in [-0.3, -0.25) is 9.78 Å². The minimum atomic E-state index is -4.41. The van der Waals surface area contributed by atoms with Crippen molar-refractivity contribution in [3.63, 3.8) is 0 Å². The smallest absolute Gasteiger partial charge is 0.417 e. The SMILES string of the molecule is CC(C)N(CC(=O)O)S(=O)(=O)c1cc2oc(=O)[nH]c2cc1F. The molecule has 0 saturated carbocycles. The van der Waals surface area contributed by atoms with Crippen LogP contribution >= 0.6 is 0 Å². The molecule has 1 aromatic heterocycles. The lowest BCUT2D eigenvalue weighted by molar-refractivity contribution is -0.137. The number of hydrogen-bond acceptors (Lipinski definition) is 5. The summed E-state index contributed by atoms with van der Waals surface area (Å²) in [5.74, 6) is -3.33. The third-order valence-corrected chi connectivity index (χ3v) is 4.96. The molecule has 8 nitrogen and oxygen atoms in total. The number of aromatic nitrogens is 1. The van der Waals surface area contributed by atoms with Crippen molar-refractivity contribution in [3.8, 4) is 0 Å². The molecule has 2 N–H and O–H groups in total. The first kappa shape index (κ1) is 16.2. The molecule has 0 aliphatic heterocycles. The van der Waals surface area contributed by atoms with Crippen molar-refractivity contribution in [2.24, 2.45) is 0 Å². The van der Waals surface area contributed by atoms with E-state index in [1.807, 2.05) is 0 Å². The van der Waals surface area contributed by atoms with E-state index in [2.05, 4.69) is 4.98 Å². The molecule has 1 heterocycles. The van der Waals surface area contributed by atoms with Crippen LogP contribution in [0.3, 0.4) is 0 Å². The van der Waals surface area contributed by atoms with E-state index in [0.717, 1.165) is 12.1 Å². The molecule has 0 aliphatic carbocycles. The Morgan fingerprint density at radius 2 is 2.09 bits per heavy atom. The largest absolute Gasteiger partial charge is 0.480 e. The number of H-pyrrole nitrogens is 1. The lowest BCUT2D eigenvalue weighted by atomic mass is 10.3. The lowest BCUT2D eigenvalue weighted by Crippen LogP contribution is -2.40. The highest BCUT2D eigenvalue weighted by atomic mass is 32.2. The third kappa shape index (κ3) is 2.88. The van der Waals surface area contributed by atoms with Gasteiger partial charge in [0, 0.05) is 18.2 Å². The van der Waals surface area contributed by atoms with Crippen LogP contribution in [-0.4, -0.2) is 41.4 Å². The number of nitrogens with one attached hydrogen (secondary N) is 1. The summed E-state index contributed by atoms with van der Waals surface area (Å²) in [5.41, 5.74) is -0.125. The van der Waals surface area contributed by atoms with Crippen LogP contribution in [0.2, 0.25) is 0 Å². The maximum absolute atomic E-state index is 14.1. The van der Waals surface area contributed by atoms with Crippen LogP contribution in [0.4, 0.5) is 4.39 Å². The average molecular weight is 332 g/mol. The van der Waals surface area contributed by atoms with Gasteiger partial charge in [-0.05, 0) is 13.8 Å². The van der Waals surface area contributed by atoms with Gasteiger partial charge in [0.05, 0.1) is 5.52 Å². The van der Waals surface area contributed by atoms with Crippen molar-refractivity contribution < 1.29 is 27.1 Å². The zero-order valence-corrected chi connectivity index (χ0v) is 12.5. The van der Waals surface area contributed by atoms with E-state index in [-0.39, 0.29) is 11.1 Å². The molecule has 2 rings (SSSR count). The van der Waals surface area contributed by atoms with E-state index in [1.54, 1.807) is 0 Å². The fraction of sp³-hybridized carbons (Fsp3) is 0.333. The summed E-state index contributed by atoms with van der Waals surface area (Å²) in [6.45, 7) is 2.12. The fourth-order valence-electron chi connectivity index (χ4n) is 1.95. The van der Waals surface area contributed by atoms with Crippen LogP contribution in [-0.2, 0) is 14.8 Å². The maximum Gasteiger partial charge on any atom is 0.417 e. The van der Waals surface area contributed by atoms with Crippen molar-refractivity contribution in [2.45, 2.75) is 24.8 Å². The average Bonchev–Trinajstić information content (AvgIpc) is 2.73. The van der Waals surface area contributed by atoms with Crippen molar-refractivity contribution in [2.75, 3.05) is 6.54 Å². The zero-order valence-electron chi connectivity index (χ0n) is 11.7. The number of carbonyl (C=O) groups is 1. The summed E-state index contributed by atoms with van der Waals surface area (Å²) in [4.78, 5) is 23.3. The molecule has 1 aromatic carbocycles. The standard InChI is InChI=1S/C12H13FN2O6S/c1-6(2)15(5-11(16)17)22(19,20)10-4-9-8(3-7(10)13)14-12(18)21-9/h3-4,6H,5H2,1-2H3,(H,14,18)(H,16,17). The monoisotopic (exact) mass is 332 g/mol. The van der Waals surface area contributed by atoms with Crippen LogP contribution in [0, 0.1) is 5.82 Å². The molecule has 10 heteroatoms. The number of sulfonamides is 1. The van der Waals surface area contributed by atoms with E-state index in [0.29, 0.717) is 4.31 Å². The molecule has 0 atom stereocenters. The second-order valence-corrected chi connectivity index (χ2v) is 6.69. The Labute approximate surface area is 124 Å². The van der Waals surface area contributed by atoms with Crippen LogP contribution in [0.15, 0.2) is 26.2 Å². The predicted molar refractivity (Wildman–Crippen MR) is 73.5 cm³/mol. The molecule has 0 radical (unpaired) electrons. The number of fused-ring (bicyclic) bond motifs is 1. The number of hydrogen-bond donors (Lipinski definition) is 2. The summed E-state index contributed by atoms with van der Waals surface area (Å²) in [7, 11) is -4.41. The number of carboxylic acid groups (broad SMARTS) is 1. The molecule has 0 spiro atoms. The Morgan fingerprint density at radius 1 is 1.45 bits per heavy atom. The first-order valence-corrected chi connectivity index (χ1v) is 7.63. The van der Waals surface area contributed by atoms with E-state index in [9.17, 15) is 22.4 Å². The number of rotatable bonds is 5. The Hall–Kier alpha value is -2.20. The van der Waals surface area contributed by atoms with E-state index >= 15 is 0 Å². The fourth-order valence-corrected chi connectivity index (χ4v) is 3.60. The summed E-state index contributed by atoms with van der Waals surface area (Å²) >= 11 is 0. The Balaban J connectivity index is 2.63. The van der Waals surface area contributed by atoms with Gasteiger partial charge >= 0.3 is 11.7 Å². The number of benzene rings is 1. The highest BCUT2D eigenvalue weighted by molar-refractivity contribution is 7.89. The van der Waals surface area contributed by atoms with Gasteiger partial charge in [-0.25, -0.2) is 17.6 Å². The third-order valence-electron chi connectivity index (χ3n) is 2.93. The minimum Gasteiger partial charge on any atom is -0.480 e. The van der Waals surface area contributed by atoms with Gasteiger partial charge in [0.2, 0.25) is 10.0 Å². The minimum absolute atomic E-state index is 0.00998. The summed E-state index contributed by atoms with van der Waals surface area (Å²) in [6.07, 6.45) is 0. The van der Waals surface area contributed by atoms with Gasteiger partial charge in [0.1, 0.15) is 17.3 Å². The van der Waals surface area contributed by atoms with Crippen molar-refractivity contribution in [3.05, 3.63) is 28.5 Å². The van der Waals surface area contributed by atoms with Gasteiger partial charge in [-0.15, -0.1) is 0 Å². The zero-order chi connectivity index (χ0) is 16.7. The molecule has 0 saturated heterocycles. The van der Waals surface area contributed by atoms with Crippen molar-refractivity contribution >= 4 is 27.1 Å². The molecule has 0 unspecified atom stereocenters. The molecule has 0 fully saturated rings. The molecule has 0 aliphatic rings. The summed E-state index contributed by atoms with van der Waals surface area (Å²) in [6, 6.07) is 0.969. The Kier molecular flexibility index (Phi) is 4.07. The van der Waals surface area contributed by atoms with Gasteiger partial charge in [-0.2, -0.15) is 4.31 Å². The van der Waals surface area contributed by atoms with Crippen molar-refractivity contribution in [1.82, 2.24) is 9.29 Å². The first-order chi connectivity index (χ1) is 10.1. The highest BCUT2D eigenvalue weighted by Gasteiger charge is 2.32. The van der Waals surface area contributed by atoms with E-state index in [1.165, 1.54) is 13.8 Å². The van der Waals surface area contributed by atoms with Gasteiger partial charge in [0.25, 0.3) is 0 Å². The normalized spacial score (nSPS) is 12.4. The second-order valence-electron chi connectivity index (χ2n) is 4.83. The topological polar surface area (TPSA) is 121 Å². The number of aromatic amines is 1. The molecular weight excluding hydrogens is 319 g/mol. The second kappa shape index (κ2) is 5.54. The molecule has 120 valence electrons. The first-order valence-electron chi connectivity index (χ1n) is 6.19. The molecule has 0 bridgehead atoms. The summed E-state index contributed by atoms with van der Waals surface area (Å²) in [5, 5.41) is 8.82.